The maximum Gasteiger partial charge on any atom is 0.269 e. The predicted molar refractivity (Wildman–Crippen MR) is 189 cm³/mol. The summed E-state index contributed by atoms with van der Waals surface area (Å²) in [6, 6.07) is 23.9. The van der Waals surface area contributed by atoms with Crippen molar-refractivity contribution in [3.05, 3.63) is 100 Å². The number of benzene rings is 3. The number of carbonyl (C=O) groups excluding carboxylic acids is 1. The maximum atomic E-state index is 12.6. The van der Waals surface area contributed by atoms with Crippen LogP contribution >= 0.6 is 0 Å². The fraction of sp³-hybridized carbons (Fsp3) is 0.353. The molecule has 3 aromatic carbocycles. The summed E-state index contributed by atoms with van der Waals surface area (Å²) in [7, 11) is 0. The molecular weight excluding hydrogens is 628 g/mol. The molecule has 0 bridgehead atoms. The first-order chi connectivity index (χ1) is 24.0. The molecule has 2 heterocycles. The van der Waals surface area contributed by atoms with Gasteiger partial charge in [0.25, 0.3) is 11.6 Å². The fourth-order valence-corrected chi connectivity index (χ4v) is 5.13. The van der Waals surface area contributed by atoms with Crippen LogP contribution in [-0.2, 0) is 15.9 Å². The van der Waals surface area contributed by atoms with Gasteiger partial charge in [0.2, 0.25) is 17.8 Å². The van der Waals surface area contributed by atoms with Gasteiger partial charge in [-0.1, -0.05) is 30.3 Å². The summed E-state index contributed by atoms with van der Waals surface area (Å²) >= 11 is 0. The number of nitrogens with two attached hydrogens (primary N) is 1. The number of hydrogen-bond donors (Lipinski definition) is 4. The summed E-state index contributed by atoms with van der Waals surface area (Å²) in [6.07, 6.45) is 0.803. The Morgan fingerprint density at radius 2 is 1.47 bits per heavy atom. The van der Waals surface area contributed by atoms with E-state index in [1.54, 1.807) is 36.4 Å². The number of nitrogens with one attached hydrogen (secondary N) is 3. The molecule has 258 valence electrons. The van der Waals surface area contributed by atoms with E-state index in [-0.39, 0.29) is 11.6 Å². The first-order valence-corrected chi connectivity index (χ1v) is 16.3. The standard InChI is InChI=1S/C34H42N10O5/c35-15-22-48-24-25-49-23-17-36-31(45)27-6-8-28(9-7-27)38-33-39-32(37-16-14-26-4-2-1-3-5-26)40-34(41-33)43-20-18-42(19-21-43)29-10-12-30(13-11-29)44(46)47/h1-13H,14-25,35H2,(H,36,45)(H2,37,38,39,40,41). The van der Waals surface area contributed by atoms with Crippen LogP contribution in [0.4, 0.5) is 34.9 Å². The first-order valence-electron chi connectivity index (χ1n) is 16.3. The SMILES string of the molecule is NCCOCCOCCNC(=O)c1ccc(Nc2nc(NCCc3ccccc3)nc(N3CCN(c4ccc([N+](=O)[O-])cc4)CC3)n2)cc1. The Morgan fingerprint density at radius 3 is 2.16 bits per heavy atom. The first kappa shape index (κ1) is 34.9. The average Bonchev–Trinajstić information content (AvgIpc) is 3.13. The number of anilines is 5. The van der Waals surface area contributed by atoms with Crippen LogP contribution in [0.1, 0.15) is 15.9 Å². The van der Waals surface area contributed by atoms with Gasteiger partial charge in [-0.2, -0.15) is 15.0 Å². The lowest BCUT2D eigenvalue weighted by Crippen LogP contribution is -2.47. The van der Waals surface area contributed by atoms with Crippen molar-refractivity contribution in [2.75, 3.05) is 92.7 Å². The molecule has 5 N–H and O–H groups in total. The van der Waals surface area contributed by atoms with Gasteiger partial charge in [0, 0.05) is 74.9 Å². The van der Waals surface area contributed by atoms with Crippen molar-refractivity contribution in [3.8, 4) is 0 Å². The zero-order valence-electron chi connectivity index (χ0n) is 27.3. The minimum atomic E-state index is -0.395. The fourth-order valence-electron chi connectivity index (χ4n) is 5.13. The van der Waals surface area contributed by atoms with Crippen LogP contribution in [0.15, 0.2) is 78.9 Å². The topological polar surface area (TPSA) is 186 Å². The highest BCUT2D eigenvalue weighted by Crippen LogP contribution is 2.23. The van der Waals surface area contributed by atoms with Crippen LogP contribution in [0.2, 0.25) is 0 Å². The Labute approximate surface area is 285 Å². The number of nitro benzene ring substituents is 1. The summed E-state index contributed by atoms with van der Waals surface area (Å²) in [5.41, 5.74) is 8.82. The molecule has 0 spiro atoms. The van der Waals surface area contributed by atoms with Crippen LogP contribution in [0, 0.1) is 10.1 Å². The molecule has 1 aliphatic heterocycles. The molecule has 1 fully saturated rings. The lowest BCUT2D eigenvalue weighted by atomic mass is 10.1. The van der Waals surface area contributed by atoms with E-state index < -0.39 is 4.92 Å². The van der Waals surface area contributed by atoms with Crippen molar-refractivity contribution in [2.24, 2.45) is 5.73 Å². The van der Waals surface area contributed by atoms with Crippen molar-refractivity contribution in [2.45, 2.75) is 6.42 Å². The second-order valence-electron chi connectivity index (χ2n) is 11.2. The third-order valence-corrected chi connectivity index (χ3v) is 7.72. The average molecular weight is 671 g/mol. The highest BCUT2D eigenvalue weighted by atomic mass is 16.6. The van der Waals surface area contributed by atoms with E-state index >= 15 is 0 Å². The van der Waals surface area contributed by atoms with Gasteiger partial charge in [0.05, 0.1) is 31.4 Å². The van der Waals surface area contributed by atoms with E-state index in [0.29, 0.717) is 101 Å². The normalized spacial score (nSPS) is 12.8. The molecule has 1 saturated heterocycles. The number of nitro groups is 1. The molecular formula is C34H42N10O5. The zero-order chi connectivity index (χ0) is 34.3. The van der Waals surface area contributed by atoms with E-state index in [1.807, 2.05) is 18.2 Å². The lowest BCUT2D eigenvalue weighted by Gasteiger charge is -2.36. The molecule has 0 unspecified atom stereocenters. The predicted octanol–water partition coefficient (Wildman–Crippen LogP) is 3.23. The second kappa shape index (κ2) is 18.2. The summed E-state index contributed by atoms with van der Waals surface area (Å²) < 4.78 is 10.7. The highest BCUT2D eigenvalue weighted by Gasteiger charge is 2.21. The monoisotopic (exact) mass is 670 g/mol. The number of piperazine rings is 1. The zero-order valence-corrected chi connectivity index (χ0v) is 27.3. The minimum absolute atomic E-state index is 0.0694. The van der Waals surface area contributed by atoms with Crippen molar-refractivity contribution in [1.29, 1.82) is 0 Å². The number of non-ortho nitro benzene ring substituents is 1. The van der Waals surface area contributed by atoms with Crippen LogP contribution in [0.5, 0.6) is 0 Å². The van der Waals surface area contributed by atoms with E-state index in [2.05, 4.69) is 42.9 Å². The molecule has 0 saturated carbocycles. The van der Waals surface area contributed by atoms with Crippen molar-refractivity contribution < 1.29 is 19.2 Å². The number of aromatic nitrogens is 3. The molecule has 15 nitrogen and oxygen atoms in total. The van der Waals surface area contributed by atoms with Crippen LogP contribution in [0.25, 0.3) is 0 Å². The van der Waals surface area contributed by atoms with Crippen molar-refractivity contribution >= 4 is 40.8 Å². The molecule has 4 aromatic rings. The van der Waals surface area contributed by atoms with Gasteiger partial charge in [-0.05, 0) is 48.4 Å². The van der Waals surface area contributed by atoms with Crippen LogP contribution in [0.3, 0.4) is 0 Å². The molecule has 1 aromatic heterocycles. The molecule has 5 rings (SSSR count). The van der Waals surface area contributed by atoms with Crippen molar-refractivity contribution in [3.63, 3.8) is 0 Å². The molecule has 0 radical (unpaired) electrons. The van der Waals surface area contributed by atoms with Gasteiger partial charge in [-0.25, -0.2) is 0 Å². The van der Waals surface area contributed by atoms with E-state index in [9.17, 15) is 14.9 Å². The summed E-state index contributed by atoms with van der Waals surface area (Å²) in [6.45, 7) is 5.98. The lowest BCUT2D eigenvalue weighted by molar-refractivity contribution is -0.384. The number of amides is 1. The highest BCUT2D eigenvalue weighted by molar-refractivity contribution is 5.94. The van der Waals surface area contributed by atoms with E-state index in [0.717, 1.165) is 12.1 Å². The Bertz CT molecular complexity index is 1620. The van der Waals surface area contributed by atoms with Gasteiger partial charge in [0.1, 0.15) is 0 Å². The third-order valence-electron chi connectivity index (χ3n) is 7.72. The van der Waals surface area contributed by atoms with Gasteiger partial charge in [-0.3, -0.25) is 14.9 Å². The Morgan fingerprint density at radius 1 is 0.796 bits per heavy atom. The van der Waals surface area contributed by atoms with Crippen molar-refractivity contribution in [1.82, 2.24) is 20.3 Å². The minimum Gasteiger partial charge on any atom is -0.378 e. The van der Waals surface area contributed by atoms with E-state index in [1.165, 1.54) is 17.7 Å². The number of rotatable bonds is 18. The Kier molecular flexibility index (Phi) is 13.0. The van der Waals surface area contributed by atoms with Gasteiger partial charge >= 0.3 is 0 Å². The smallest absolute Gasteiger partial charge is 0.269 e. The molecule has 0 aliphatic carbocycles. The largest absolute Gasteiger partial charge is 0.378 e. The molecule has 15 heteroatoms. The molecule has 49 heavy (non-hydrogen) atoms. The number of hydrogen-bond acceptors (Lipinski definition) is 13. The van der Waals surface area contributed by atoms with E-state index in [4.69, 9.17) is 25.2 Å². The number of nitrogens with zero attached hydrogens (tertiary/aromatic N) is 6. The van der Waals surface area contributed by atoms with Crippen LogP contribution in [-0.4, -0.2) is 98.0 Å². The Balaban J connectivity index is 1.20. The number of ether oxygens (including phenoxy) is 2. The number of carbonyl (C=O) groups is 1. The maximum absolute atomic E-state index is 12.6. The van der Waals surface area contributed by atoms with Gasteiger partial charge < -0.3 is 41.0 Å². The Hall–Kier alpha value is -5.38. The molecule has 1 aliphatic rings. The summed E-state index contributed by atoms with van der Waals surface area (Å²) in [5, 5.41) is 20.5. The summed E-state index contributed by atoms with van der Waals surface area (Å²) in [4.78, 5) is 41.7. The van der Waals surface area contributed by atoms with Gasteiger partial charge in [-0.15, -0.1) is 0 Å². The van der Waals surface area contributed by atoms with Crippen LogP contribution < -0.4 is 31.5 Å². The summed E-state index contributed by atoms with van der Waals surface area (Å²) in [5.74, 6) is 1.15. The third kappa shape index (κ3) is 10.8. The second-order valence-corrected chi connectivity index (χ2v) is 11.2. The quantitative estimate of drug-likeness (QED) is 0.0688. The molecule has 1 amide bonds. The molecule has 0 atom stereocenters. The van der Waals surface area contributed by atoms with Gasteiger partial charge in [0.15, 0.2) is 0 Å².